The Morgan fingerprint density at radius 2 is 2.18 bits per heavy atom. The van der Waals surface area contributed by atoms with Gasteiger partial charge in [0.1, 0.15) is 0 Å². The van der Waals surface area contributed by atoms with Crippen LogP contribution in [0.3, 0.4) is 0 Å². The van der Waals surface area contributed by atoms with Crippen LogP contribution in [0.2, 0.25) is 5.02 Å². The molecule has 0 aromatic heterocycles. The molecule has 3 nitrogen and oxygen atoms in total. The van der Waals surface area contributed by atoms with Gasteiger partial charge in [-0.15, -0.1) is 0 Å². The monoisotopic (exact) mass is 334 g/mol. The van der Waals surface area contributed by atoms with Crippen LogP contribution < -0.4 is 5.32 Å². The Kier molecular flexibility index (Phi) is 5.21. The lowest BCUT2D eigenvalue weighted by atomic mass is 10.0. The topological polar surface area (TPSA) is 32.3 Å². The number of amides is 1. The van der Waals surface area contributed by atoms with E-state index in [1.54, 1.807) is 4.90 Å². The fraction of sp³-hybridized carbons (Fsp3) is 0.533. The standard InChI is InChI=1S/C15H18ClF3N2O/c1-10-3-2-6-21(9-10)14(22)8-20-13-5-4-11(7-12(13)16)15(17,18)19/h4-5,7,10,20H,2-3,6,8-9H2,1H3. The Morgan fingerprint density at radius 3 is 2.77 bits per heavy atom. The Hall–Kier alpha value is -1.43. The molecule has 1 fully saturated rings. The molecule has 122 valence electrons. The fourth-order valence-electron chi connectivity index (χ4n) is 2.53. The fourth-order valence-corrected chi connectivity index (χ4v) is 2.78. The van der Waals surface area contributed by atoms with Gasteiger partial charge in [-0.2, -0.15) is 13.2 Å². The van der Waals surface area contributed by atoms with Crippen LogP contribution in [0.4, 0.5) is 18.9 Å². The minimum atomic E-state index is -4.43. The molecule has 22 heavy (non-hydrogen) atoms. The lowest BCUT2D eigenvalue weighted by Crippen LogP contribution is -2.41. The molecule has 0 spiro atoms. The SMILES string of the molecule is CC1CCCN(C(=O)CNc2ccc(C(F)(F)F)cc2Cl)C1. The molecule has 1 N–H and O–H groups in total. The molecule has 1 aliphatic rings. The molecule has 1 aliphatic heterocycles. The summed E-state index contributed by atoms with van der Waals surface area (Å²) < 4.78 is 37.7. The van der Waals surface area contributed by atoms with Crippen LogP contribution in [0.15, 0.2) is 18.2 Å². The van der Waals surface area contributed by atoms with Crippen LogP contribution in [0.5, 0.6) is 0 Å². The first-order valence-corrected chi connectivity index (χ1v) is 7.53. The average molecular weight is 335 g/mol. The molecular weight excluding hydrogens is 317 g/mol. The Bertz CT molecular complexity index is 548. The number of likely N-dealkylation sites (tertiary alicyclic amines) is 1. The van der Waals surface area contributed by atoms with Gasteiger partial charge in [-0.25, -0.2) is 0 Å². The van der Waals surface area contributed by atoms with Gasteiger partial charge in [-0.05, 0) is 37.0 Å². The summed E-state index contributed by atoms with van der Waals surface area (Å²) in [5, 5.41) is 2.77. The van der Waals surface area contributed by atoms with Crippen molar-refractivity contribution in [3.05, 3.63) is 28.8 Å². The number of hydrogen-bond acceptors (Lipinski definition) is 2. The zero-order valence-corrected chi connectivity index (χ0v) is 13.0. The highest BCUT2D eigenvalue weighted by atomic mass is 35.5. The second-order valence-electron chi connectivity index (χ2n) is 5.63. The van der Waals surface area contributed by atoms with Crippen LogP contribution >= 0.6 is 11.6 Å². The van der Waals surface area contributed by atoms with Gasteiger partial charge in [-0.3, -0.25) is 4.79 Å². The number of halogens is 4. The van der Waals surface area contributed by atoms with Crippen molar-refractivity contribution in [2.24, 2.45) is 5.92 Å². The van der Waals surface area contributed by atoms with E-state index in [1.165, 1.54) is 6.07 Å². The normalized spacial score (nSPS) is 19.1. The number of nitrogens with one attached hydrogen (secondary N) is 1. The van der Waals surface area contributed by atoms with Gasteiger partial charge in [0.25, 0.3) is 0 Å². The molecule has 1 amide bonds. The van der Waals surface area contributed by atoms with Crippen LogP contribution in [-0.4, -0.2) is 30.4 Å². The number of alkyl halides is 3. The largest absolute Gasteiger partial charge is 0.416 e. The van der Waals surface area contributed by atoms with E-state index < -0.39 is 11.7 Å². The van der Waals surface area contributed by atoms with Gasteiger partial charge in [0, 0.05) is 13.1 Å². The molecule has 0 radical (unpaired) electrons. The highest BCUT2D eigenvalue weighted by molar-refractivity contribution is 6.33. The molecular formula is C15H18ClF3N2O. The summed E-state index contributed by atoms with van der Waals surface area (Å²) in [6, 6.07) is 3.05. The number of rotatable bonds is 3. The second-order valence-corrected chi connectivity index (χ2v) is 6.04. The van der Waals surface area contributed by atoms with Gasteiger partial charge in [0.05, 0.1) is 22.8 Å². The van der Waals surface area contributed by atoms with Crippen LogP contribution in [0, 0.1) is 5.92 Å². The van der Waals surface area contributed by atoms with Gasteiger partial charge < -0.3 is 10.2 Å². The maximum absolute atomic E-state index is 12.6. The number of benzene rings is 1. The van der Waals surface area contributed by atoms with E-state index in [4.69, 9.17) is 11.6 Å². The molecule has 1 heterocycles. The van der Waals surface area contributed by atoms with E-state index >= 15 is 0 Å². The molecule has 1 atom stereocenters. The minimum Gasteiger partial charge on any atom is -0.375 e. The third kappa shape index (κ3) is 4.29. The molecule has 7 heteroatoms. The van der Waals surface area contributed by atoms with Crippen LogP contribution in [0.25, 0.3) is 0 Å². The van der Waals surface area contributed by atoms with Gasteiger partial charge in [-0.1, -0.05) is 18.5 Å². The third-order valence-electron chi connectivity index (χ3n) is 3.74. The third-order valence-corrected chi connectivity index (χ3v) is 4.05. The van der Waals surface area contributed by atoms with Crippen molar-refractivity contribution in [3.8, 4) is 0 Å². The molecule has 1 aromatic rings. The summed E-state index contributed by atoms with van der Waals surface area (Å²) in [6.07, 6.45) is -2.34. The number of anilines is 1. The first-order valence-electron chi connectivity index (χ1n) is 7.16. The summed E-state index contributed by atoms with van der Waals surface area (Å²) in [7, 11) is 0. The number of piperidine rings is 1. The highest BCUT2D eigenvalue weighted by Gasteiger charge is 2.31. The quantitative estimate of drug-likeness (QED) is 0.905. The number of carbonyl (C=O) groups excluding carboxylic acids is 1. The highest BCUT2D eigenvalue weighted by Crippen LogP contribution is 2.33. The predicted molar refractivity (Wildman–Crippen MR) is 79.9 cm³/mol. The maximum atomic E-state index is 12.6. The zero-order chi connectivity index (χ0) is 16.3. The molecule has 0 aliphatic carbocycles. The molecule has 1 aromatic carbocycles. The van der Waals surface area contributed by atoms with Crippen molar-refractivity contribution in [2.75, 3.05) is 25.0 Å². The summed E-state index contributed by atoms with van der Waals surface area (Å²) >= 11 is 5.84. The van der Waals surface area contributed by atoms with Crippen molar-refractivity contribution >= 4 is 23.2 Å². The summed E-state index contributed by atoms with van der Waals surface area (Å²) in [5.74, 6) is 0.412. The van der Waals surface area contributed by atoms with E-state index in [9.17, 15) is 18.0 Å². The lowest BCUT2D eigenvalue weighted by molar-refractivity contribution is -0.137. The maximum Gasteiger partial charge on any atom is 0.416 e. The second kappa shape index (κ2) is 6.77. The minimum absolute atomic E-state index is 0.0256. The van der Waals surface area contributed by atoms with Crippen molar-refractivity contribution in [1.29, 1.82) is 0 Å². The molecule has 0 bridgehead atoms. The van der Waals surface area contributed by atoms with Crippen molar-refractivity contribution in [3.63, 3.8) is 0 Å². The number of hydrogen-bond donors (Lipinski definition) is 1. The Balaban J connectivity index is 1.95. The summed E-state index contributed by atoms with van der Waals surface area (Å²) in [5.41, 5.74) is -0.479. The van der Waals surface area contributed by atoms with E-state index in [0.717, 1.165) is 38.1 Å². The van der Waals surface area contributed by atoms with Crippen molar-refractivity contribution in [1.82, 2.24) is 4.90 Å². The van der Waals surface area contributed by atoms with E-state index in [1.807, 2.05) is 0 Å². The van der Waals surface area contributed by atoms with Crippen molar-refractivity contribution < 1.29 is 18.0 Å². The molecule has 0 saturated carbocycles. The molecule has 2 rings (SSSR count). The predicted octanol–water partition coefficient (Wildman–Crippen LogP) is 4.03. The first-order chi connectivity index (χ1) is 10.3. The Labute approximate surface area is 132 Å². The number of nitrogens with zero attached hydrogens (tertiary/aromatic N) is 1. The van der Waals surface area contributed by atoms with Gasteiger partial charge >= 0.3 is 6.18 Å². The summed E-state index contributed by atoms with van der Waals surface area (Å²) in [6.45, 7) is 3.57. The van der Waals surface area contributed by atoms with Crippen molar-refractivity contribution in [2.45, 2.75) is 25.9 Å². The van der Waals surface area contributed by atoms with Crippen LogP contribution in [0.1, 0.15) is 25.3 Å². The van der Waals surface area contributed by atoms with Gasteiger partial charge in [0.2, 0.25) is 5.91 Å². The van der Waals surface area contributed by atoms with Gasteiger partial charge in [0.15, 0.2) is 0 Å². The van der Waals surface area contributed by atoms with Crippen LogP contribution in [-0.2, 0) is 11.0 Å². The zero-order valence-electron chi connectivity index (χ0n) is 12.2. The van der Waals surface area contributed by atoms with E-state index in [-0.39, 0.29) is 17.5 Å². The molecule has 1 saturated heterocycles. The smallest absolute Gasteiger partial charge is 0.375 e. The molecule has 1 unspecified atom stereocenters. The Morgan fingerprint density at radius 1 is 1.45 bits per heavy atom. The van der Waals surface area contributed by atoms with E-state index in [0.29, 0.717) is 11.6 Å². The average Bonchev–Trinajstić information content (AvgIpc) is 2.44. The van der Waals surface area contributed by atoms with E-state index in [2.05, 4.69) is 12.2 Å². The number of carbonyl (C=O) groups is 1. The lowest BCUT2D eigenvalue weighted by Gasteiger charge is -2.31. The first kappa shape index (κ1) is 16.9. The summed E-state index contributed by atoms with van der Waals surface area (Å²) in [4.78, 5) is 13.9.